The number of amides is 2. The van der Waals surface area contributed by atoms with Crippen LogP contribution in [0.3, 0.4) is 0 Å². The molecular weight excluding hydrogens is 546 g/mol. The van der Waals surface area contributed by atoms with Gasteiger partial charge in [0.15, 0.2) is 0 Å². The molecule has 9 heteroatoms. The van der Waals surface area contributed by atoms with Crippen molar-refractivity contribution in [1.29, 1.82) is 0 Å². The molecule has 3 aliphatic heterocycles. The molecule has 2 amide bonds. The molecule has 2 unspecified atom stereocenters. The Kier molecular flexibility index (Phi) is 10.1. The number of benzene rings is 1. The van der Waals surface area contributed by atoms with Gasteiger partial charge in [0.25, 0.3) is 5.91 Å². The number of esters is 1. The van der Waals surface area contributed by atoms with Gasteiger partial charge in [0.1, 0.15) is 17.6 Å². The first-order chi connectivity index (χ1) is 20.5. The van der Waals surface area contributed by atoms with Crippen molar-refractivity contribution >= 4 is 29.2 Å². The van der Waals surface area contributed by atoms with Crippen LogP contribution in [0.1, 0.15) is 60.3 Å². The predicted molar refractivity (Wildman–Crippen MR) is 168 cm³/mol. The van der Waals surface area contributed by atoms with Crippen LogP contribution in [0.15, 0.2) is 49.6 Å². The molecular formula is C34H49N3O6. The number of ether oxygens (including phenoxy) is 2. The quantitative estimate of drug-likeness (QED) is 0.183. The number of anilines is 2. The average molecular weight is 596 g/mol. The van der Waals surface area contributed by atoms with Crippen molar-refractivity contribution in [3.63, 3.8) is 0 Å². The minimum Gasteiger partial charge on any atom is -0.465 e. The maximum Gasteiger partial charge on any atom is 0.312 e. The van der Waals surface area contributed by atoms with Gasteiger partial charge in [-0.2, -0.15) is 0 Å². The highest BCUT2D eigenvalue weighted by Crippen LogP contribution is 2.64. The van der Waals surface area contributed by atoms with Gasteiger partial charge >= 0.3 is 5.97 Å². The lowest BCUT2D eigenvalue weighted by molar-refractivity contribution is -0.160. The first kappa shape index (κ1) is 32.7. The summed E-state index contributed by atoms with van der Waals surface area (Å²) < 4.78 is 12.3. The van der Waals surface area contributed by atoms with Crippen LogP contribution in [0.5, 0.6) is 0 Å². The second kappa shape index (κ2) is 13.2. The average Bonchev–Trinajstić information content (AvgIpc) is 3.56. The number of nitrogens with zero attached hydrogens (tertiary/aromatic N) is 3. The van der Waals surface area contributed by atoms with Gasteiger partial charge in [-0.1, -0.05) is 26.0 Å². The van der Waals surface area contributed by atoms with E-state index >= 15 is 0 Å². The monoisotopic (exact) mass is 595 g/mol. The summed E-state index contributed by atoms with van der Waals surface area (Å²) in [6.45, 7) is 19.5. The zero-order valence-corrected chi connectivity index (χ0v) is 26.5. The second-order valence-electron chi connectivity index (χ2n) is 12.6. The zero-order chi connectivity index (χ0) is 31.5. The molecule has 43 heavy (non-hydrogen) atoms. The summed E-state index contributed by atoms with van der Waals surface area (Å²) in [5, 5.41) is 10.6. The Bertz CT molecular complexity index is 1200. The van der Waals surface area contributed by atoms with Crippen LogP contribution in [0.25, 0.3) is 0 Å². The summed E-state index contributed by atoms with van der Waals surface area (Å²) in [4.78, 5) is 48.2. The summed E-state index contributed by atoms with van der Waals surface area (Å²) in [5.41, 5.74) is -0.415. The van der Waals surface area contributed by atoms with E-state index < -0.39 is 41.1 Å². The third-order valence-corrected chi connectivity index (χ3v) is 9.48. The van der Waals surface area contributed by atoms with Crippen LogP contribution in [0.4, 0.5) is 11.4 Å². The van der Waals surface area contributed by atoms with Crippen LogP contribution in [-0.4, -0.2) is 83.9 Å². The van der Waals surface area contributed by atoms with E-state index in [4.69, 9.17) is 9.47 Å². The van der Waals surface area contributed by atoms with E-state index in [1.54, 1.807) is 22.0 Å². The Balaban J connectivity index is 1.79. The van der Waals surface area contributed by atoms with Crippen molar-refractivity contribution in [2.45, 2.75) is 83.6 Å². The van der Waals surface area contributed by atoms with Crippen LogP contribution in [-0.2, 0) is 23.9 Å². The Labute approximate surface area is 256 Å². The van der Waals surface area contributed by atoms with Crippen molar-refractivity contribution in [3.8, 4) is 0 Å². The number of aliphatic hydroxyl groups excluding tert-OH is 1. The SMILES string of the molecule is C=CCCOC(=O)[C@H]1[C@H]2C(=O)N([C@@H](CO)CC(C)C)C(C(=O)N(CC=C)c3ccc(N(CC)CC)cc3)C23CC[C@]1(C)O3. The Morgan fingerprint density at radius 1 is 1.14 bits per heavy atom. The number of hydrogen-bond acceptors (Lipinski definition) is 7. The number of rotatable bonds is 15. The first-order valence-electron chi connectivity index (χ1n) is 15.7. The Morgan fingerprint density at radius 2 is 1.79 bits per heavy atom. The van der Waals surface area contributed by atoms with Crippen molar-refractivity contribution < 1.29 is 29.0 Å². The fraction of sp³-hybridized carbons (Fsp3) is 0.618. The molecule has 4 rings (SSSR count). The second-order valence-corrected chi connectivity index (χ2v) is 12.6. The van der Waals surface area contributed by atoms with E-state index in [2.05, 4.69) is 31.9 Å². The molecule has 1 N–H and O–H groups in total. The van der Waals surface area contributed by atoms with E-state index in [0.717, 1.165) is 18.8 Å². The third-order valence-electron chi connectivity index (χ3n) is 9.48. The maximum atomic E-state index is 14.8. The van der Waals surface area contributed by atoms with Crippen molar-refractivity contribution in [1.82, 2.24) is 4.90 Å². The lowest BCUT2D eigenvalue weighted by atomic mass is 9.66. The summed E-state index contributed by atoms with van der Waals surface area (Å²) in [6, 6.07) is 6.19. The van der Waals surface area contributed by atoms with Gasteiger partial charge in [-0.05, 0) is 76.6 Å². The standard InChI is InChI=1S/C34H49N3O6/c1-8-12-20-42-32(41)28-27-30(39)37(26(22-38)21-23(5)6)29(34(27)18-17-33(28,7)43-34)31(40)36(19-9-2)25-15-13-24(14-16-25)35(10-3)11-4/h8-9,13-16,23,26-29,38H,1-2,10-12,17-22H2,3-7H3/t26-,27+,28-,29?,33+,34?/m1/s1. The van der Waals surface area contributed by atoms with Gasteiger partial charge in [-0.15, -0.1) is 13.2 Å². The highest BCUT2D eigenvalue weighted by molar-refractivity contribution is 6.05. The lowest BCUT2D eigenvalue weighted by Crippen LogP contribution is -2.59. The van der Waals surface area contributed by atoms with E-state index in [1.807, 2.05) is 45.0 Å². The number of carbonyl (C=O) groups excluding carboxylic acids is 3. The third kappa shape index (κ3) is 5.74. The van der Waals surface area contributed by atoms with Gasteiger partial charge in [0.2, 0.25) is 5.91 Å². The zero-order valence-electron chi connectivity index (χ0n) is 26.5. The minimum absolute atomic E-state index is 0.157. The molecule has 0 aromatic heterocycles. The molecule has 2 bridgehead atoms. The van der Waals surface area contributed by atoms with Crippen molar-refractivity contribution in [2.75, 3.05) is 42.6 Å². The van der Waals surface area contributed by atoms with Gasteiger partial charge in [-0.3, -0.25) is 14.4 Å². The number of likely N-dealkylation sites (tertiary alicyclic amines) is 1. The molecule has 9 nitrogen and oxygen atoms in total. The summed E-state index contributed by atoms with van der Waals surface area (Å²) in [7, 11) is 0. The largest absolute Gasteiger partial charge is 0.465 e. The highest BCUT2D eigenvalue weighted by atomic mass is 16.6. The molecule has 3 aliphatic rings. The molecule has 0 saturated carbocycles. The summed E-state index contributed by atoms with van der Waals surface area (Å²) >= 11 is 0. The highest BCUT2D eigenvalue weighted by Gasteiger charge is 2.79. The topological polar surface area (TPSA) is 99.6 Å². The molecule has 236 valence electrons. The number of aliphatic hydroxyl groups is 1. The number of carbonyl (C=O) groups is 3. The van der Waals surface area contributed by atoms with Gasteiger partial charge in [0.05, 0.1) is 30.8 Å². The molecule has 0 radical (unpaired) electrons. The molecule has 6 atom stereocenters. The molecule has 1 aromatic rings. The van der Waals surface area contributed by atoms with E-state index in [0.29, 0.717) is 31.4 Å². The smallest absolute Gasteiger partial charge is 0.312 e. The fourth-order valence-electron chi connectivity index (χ4n) is 7.58. The Morgan fingerprint density at radius 3 is 2.35 bits per heavy atom. The predicted octanol–water partition coefficient (Wildman–Crippen LogP) is 4.34. The number of fused-ring (bicyclic) bond motifs is 1. The molecule has 1 spiro atoms. The van der Waals surface area contributed by atoms with Crippen LogP contribution in [0, 0.1) is 17.8 Å². The molecule has 0 aliphatic carbocycles. The number of hydrogen-bond donors (Lipinski definition) is 1. The molecule has 3 heterocycles. The van der Waals surface area contributed by atoms with Crippen LogP contribution in [0.2, 0.25) is 0 Å². The normalized spacial score (nSPS) is 28.1. The van der Waals surface area contributed by atoms with Gasteiger partial charge in [0, 0.05) is 31.0 Å². The van der Waals surface area contributed by atoms with Crippen molar-refractivity contribution in [3.05, 3.63) is 49.6 Å². The molecule has 3 fully saturated rings. The van der Waals surface area contributed by atoms with E-state index in [9.17, 15) is 19.5 Å². The molecule has 1 aromatic carbocycles. The maximum absolute atomic E-state index is 14.8. The van der Waals surface area contributed by atoms with Gasteiger partial charge in [-0.25, -0.2) is 0 Å². The van der Waals surface area contributed by atoms with E-state index in [-0.39, 0.29) is 37.5 Å². The summed E-state index contributed by atoms with van der Waals surface area (Å²) in [5.74, 6) is -2.70. The van der Waals surface area contributed by atoms with E-state index in [1.165, 1.54) is 0 Å². The van der Waals surface area contributed by atoms with Gasteiger partial charge < -0.3 is 29.3 Å². The van der Waals surface area contributed by atoms with Crippen molar-refractivity contribution in [2.24, 2.45) is 17.8 Å². The lowest BCUT2D eigenvalue weighted by Gasteiger charge is -2.40. The molecule has 3 saturated heterocycles. The van der Waals surface area contributed by atoms with Crippen LogP contribution >= 0.6 is 0 Å². The first-order valence-corrected chi connectivity index (χ1v) is 15.7. The summed E-state index contributed by atoms with van der Waals surface area (Å²) in [6.07, 6.45) is 5.30. The fourth-order valence-corrected chi connectivity index (χ4v) is 7.58. The minimum atomic E-state index is -1.21. The Hall–Kier alpha value is -3.17. The van der Waals surface area contributed by atoms with Crippen LogP contribution < -0.4 is 9.80 Å².